The van der Waals surface area contributed by atoms with Crippen molar-refractivity contribution >= 4 is 23.4 Å². The molecule has 3 aromatic rings. The quantitative estimate of drug-likeness (QED) is 0.444. The lowest BCUT2D eigenvalue weighted by molar-refractivity contribution is -0.137. The van der Waals surface area contributed by atoms with E-state index in [1.165, 1.54) is 29.3 Å². The van der Waals surface area contributed by atoms with Gasteiger partial charge in [0.25, 0.3) is 0 Å². The molecule has 2 amide bonds. The Bertz CT molecular complexity index is 1320. The fraction of sp³-hybridized carbons (Fsp3) is 0.360. The number of carbonyl (C=O) groups excluding carboxylic acids is 1. The Kier molecular flexibility index (Phi) is 7.04. The number of nitrogens with zero attached hydrogens (tertiary/aromatic N) is 5. The largest absolute Gasteiger partial charge is 0.491 e. The summed E-state index contributed by atoms with van der Waals surface area (Å²) in [5.74, 6) is 0.905. The van der Waals surface area contributed by atoms with E-state index in [2.05, 4.69) is 25.2 Å². The molecule has 5 rings (SSSR count). The molecule has 2 aromatic heterocycles. The van der Waals surface area contributed by atoms with Gasteiger partial charge in [0.2, 0.25) is 0 Å². The molecule has 200 valence electrons. The van der Waals surface area contributed by atoms with Crippen LogP contribution in [0.3, 0.4) is 0 Å². The maximum Gasteiger partial charge on any atom is 0.416 e. The summed E-state index contributed by atoms with van der Waals surface area (Å²) in [4.78, 5) is 30.1. The Labute approximate surface area is 215 Å². The molecule has 2 aliphatic rings. The number of hydrogen-bond donors (Lipinski definition) is 3. The van der Waals surface area contributed by atoms with E-state index in [0.29, 0.717) is 23.8 Å². The zero-order chi connectivity index (χ0) is 26.9. The van der Waals surface area contributed by atoms with Crippen molar-refractivity contribution in [1.29, 1.82) is 0 Å². The molecule has 1 saturated heterocycles. The highest BCUT2D eigenvalue weighted by Crippen LogP contribution is 2.39. The molecular weight excluding hydrogens is 505 g/mol. The van der Waals surface area contributed by atoms with Crippen molar-refractivity contribution in [3.8, 4) is 17.1 Å². The number of hydrogen-bond acceptors (Lipinski definition) is 8. The van der Waals surface area contributed by atoms with Crippen molar-refractivity contribution < 1.29 is 32.9 Å². The molecule has 0 saturated carbocycles. The zero-order valence-corrected chi connectivity index (χ0v) is 20.1. The lowest BCUT2D eigenvalue weighted by Gasteiger charge is -2.45. The second-order valence-corrected chi connectivity index (χ2v) is 9.05. The first-order chi connectivity index (χ1) is 18.2. The monoisotopic (exact) mass is 530 g/mol. The number of halogens is 3. The Morgan fingerprint density at radius 1 is 1.24 bits per heavy atom. The van der Waals surface area contributed by atoms with E-state index in [0.717, 1.165) is 31.5 Å². The van der Waals surface area contributed by atoms with E-state index in [1.807, 2.05) is 0 Å². The van der Waals surface area contributed by atoms with E-state index in [1.54, 1.807) is 12.3 Å². The van der Waals surface area contributed by atoms with Crippen molar-refractivity contribution in [3.05, 3.63) is 54.4 Å². The summed E-state index contributed by atoms with van der Waals surface area (Å²) in [6, 6.07) is 7.06. The molecule has 3 N–H and O–H groups in total. The molecular formula is C25H25F3N6O4. The topological polar surface area (TPSA) is 124 Å². The van der Waals surface area contributed by atoms with Gasteiger partial charge in [-0.2, -0.15) is 13.2 Å². The van der Waals surface area contributed by atoms with Crippen molar-refractivity contribution in [2.45, 2.75) is 31.2 Å². The number of rotatable bonds is 6. The summed E-state index contributed by atoms with van der Waals surface area (Å²) < 4.78 is 45.2. The predicted octanol–water partition coefficient (Wildman–Crippen LogP) is 3.31. The van der Waals surface area contributed by atoms with Gasteiger partial charge < -0.3 is 19.8 Å². The maximum absolute atomic E-state index is 13.5. The minimum absolute atomic E-state index is 0.0739. The van der Waals surface area contributed by atoms with Crippen molar-refractivity contribution in [3.63, 3.8) is 0 Å². The lowest BCUT2D eigenvalue weighted by atomic mass is 10.0. The van der Waals surface area contributed by atoms with E-state index in [-0.39, 0.29) is 29.9 Å². The van der Waals surface area contributed by atoms with Gasteiger partial charge in [0, 0.05) is 30.9 Å². The normalized spacial score (nSPS) is 17.6. The number of aromatic nitrogens is 3. The van der Waals surface area contributed by atoms with E-state index in [4.69, 9.17) is 9.84 Å². The summed E-state index contributed by atoms with van der Waals surface area (Å²) in [5, 5.41) is 21.2. The Morgan fingerprint density at radius 2 is 2.08 bits per heavy atom. The minimum atomic E-state index is -4.51. The molecule has 1 unspecified atom stereocenters. The number of amides is 2. The second kappa shape index (κ2) is 10.4. The molecule has 4 heterocycles. The standard InChI is InChI=1S/C25H25F3N6O4/c26-25(27,28)16-4-1-3-15(9-16)22-30-11-20-23(32-22)34(17-5-2-8-33(20)12-17)24(37)31-21-10-19(6-7-29-21)38-14-18(36)13-35/h1,3-4,6-7,9-11,17-18,35-36H,2,5,8,12-14H2,(H,29,31,37)/t17?,18-/m1/s1. The third-order valence-electron chi connectivity index (χ3n) is 6.37. The first-order valence-electron chi connectivity index (χ1n) is 12.0. The molecule has 38 heavy (non-hydrogen) atoms. The highest BCUT2D eigenvalue weighted by atomic mass is 19.4. The molecule has 2 bridgehead atoms. The first-order valence-corrected chi connectivity index (χ1v) is 12.0. The van der Waals surface area contributed by atoms with Gasteiger partial charge in [-0.25, -0.2) is 19.7 Å². The summed E-state index contributed by atoms with van der Waals surface area (Å²) in [6.07, 6.45) is -1.03. The van der Waals surface area contributed by atoms with Gasteiger partial charge in [0.1, 0.15) is 24.3 Å². The van der Waals surface area contributed by atoms with Gasteiger partial charge in [0.05, 0.1) is 30.1 Å². The maximum atomic E-state index is 13.5. The van der Waals surface area contributed by atoms with Crippen LogP contribution < -0.4 is 19.9 Å². The van der Waals surface area contributed by atoms with Crippen LogP contribution >= 0.6 is 0 Å². The van der Waals surface area contributed by atoms with Crippen LogP contribution in [0.25, 0.3) is 11.4 Å². The number of anilines is 3. The zero-order valence-electron chi connectivity index (χ0n) is 20.1. The molecule has 1 aromatic carbocycles. The molecule has 1 fully saturated rings. The number of ether oxygens (including phenoxy) is 1. The fourth-order valence-electron chi connectivity index (χ4n) is 4.54. The average Bonchev–Trinajstić information content (AvgIpc) is 2.91. The number of nitrogens with one attached hydrogen (secondary N) is 1. The number of piperidine rings is 1. The van der Waals surface area contributed by atoms with Gasteiger partial charge in [0.15, 0.2) is 11.6 Å². The van der Waals surface area contributed by atoms with Crippen molar-refractivity contribution in [2.24, 2.45) is 0 Å². The number of aliphatic hydroxyl groups excluding tert-OH is 2. The van der Waals surface area contributed by atoms with Crippen LogP contribution in [0.5, 0.6) is 5.75 Å². The smallest absolute Gasteiger partial charge is 0.416 e. The minimum Gasteiger partial charge on any atom is -0.491 e. The number of benzene rings is 1. The highest BCUT2D eigenvalue weighted by Gasteiger charge is 2.39. The molecule has 10 nitrogen and oxygen atoms in total. The lowest BCUT2D eigenvalue weighted by Crippen LogP contribution is -2.56. The third-order valence-corrected chi connectivity index (χ3v) is 6.37. The summed E-state index contributed by atoms with van der Waals surface area (Å²) in [6.45, 7) is 0.737. The van der Waals surface area contributed by atoms with Gasteiger partial charge in [-0.15, -0.1) is 0 Å². The van der Waals surface area contributed by atoms with Gasteiger partial charge in [-0.05, 0) is 31.0 Å². The predicted molar refractivity (Wildman–Crippen MR) is 132 cm³/mol. The van der Waals surface area contributed by atoms with Crippen molar-refractivity contribution in [2.75, 3.05) is 41.4 Å². The summed E-state index contributed by atoms with van der Waals surface area (Å²) in [5.41, 5.74) is -0.00798. The van der Waals surface area contributed by atoms with Gasteiger partial charge >= 0.3 is 12.2 Å². The number of pyridine rings is 1. The Morgan fingerprint density at radius 3 is 2.87 bits per heavy atom. The fourth-order valence-corrected chi connectivity index (χ4v) is 4.54. The van der Waals surface area contributed by atoms with Crippen LogP contribution in [-0.4, -0.2) is 69.6 Å². The number of fused-ring (bicyclic) bond motifs is 4. The number of alkyl halides is 3. The van der Waals surface area contributed by atoms with Crippen LogP contribution in [0.15, 0.2) is 48.8 Å². The molecule has 0 radical (unpaired) electrons. The van der Waals surface area contributed by atoms with Gasteiger partial charge in [-0.1, -0.05) is 12.1 Å². The Balaban J connectivity index is 1.44. The van der Waals surface area contributed by atoms with Crippen LogP contribution in [-0.2, 0) is 6.18 Å². The highest BCUT2D eigenvalue weighted by molar-refractivity contribution is 6.04. The van der Waals surface area contributed by atoms with E-state index < -0.39 is 30.5 Å². The molecule has 0 aliphatic carbocycles. The molecule has 2 aliphatic heterocycles. The molecule has 2 atom stereocenters. The number of carbonyl (C=O) groups is 1. The molecule has 13 heteroatoms. The van der Waals surface area contributed by atoms with Crippen LogP contribution in [0.4, 0.5) is 35.3 Å². The van der Waals surface area contributed by atoms with E-state index >= 15 is 0 Å². The SMILES string of the molecule is O=C(Nc1cc(OC[C@H](O)CO)ccn1)N1c2nc(-c3cccc(C(F)(F)F)c3)ncc2N2CCCC1C2. The third kappa shape index (κ3) is 5.34. The average molecular weight is 531 g/mol. The summed E-state index contributed by atoms with van der Waals surface area (Å²) in [7, 11) is 0. The van der Waals surface area contributed by atoms with Crippen molar-refractivity contribution in [1.82, 2.24) is 15.0 Å². The van der Waals surface area contributed by atoms with Gasteiger partial charge in [-0.3, -0.25) is 10.2 Å². The summed E-state index contributed by atoms with van der Waals surface area (Å²) >= 11 is 0. The first kappa shape index (κ1) is 25.7. The second-order valence-electron chi connectivity index (χ2n) is 9.05. The van der Waals surface area contributed by atoms with E-state index in [9.17, 15) is 23.1 Å². The number of aliphatic hydroxyl groups is 2. The van der Waals surface area contributed by atoms with Crippen LogP contribution in [0, 0.1) is 0 Å². The molecule has 0 spiro atoms. The Hall–Kier alpha value is -3.97. The van der Waals surface area contributed by atoms with Crippen LogP contribution in [0.2, 0.25) is 0 Å². The van der Waals surface area contributed by atoms with Crippen LogP contribution in [0.1, 0.15) is 18.4 Å². The number of urea groups is 1.